The van der Waals surface area contributed by atoms with Gasteiger partial charge in [-0.2, -0.15) is 0 Å². The molecule has 0 aliphatic heterocycles. The van der Waals surface area contributed by atoms with E-state index < -0.39 is 0 Å². The summed E-state index contributed by atoms with van der Waals surface area (Å²) in [4.78, 5) is 11.5. The molecule has 1 aliphatic rings. The second kappa shape index (κ2) is 5.08. The number of carbonyl (C=O) groups excluding carboxylic acids is 1. The first-order valence-electron chi connectivity index (χ1n) is 6.61. The molecule has 0 atom stereocenters. The molecule has 1 aromatic rings. The predicted molar refractivity (Wildman–Crippen MR) is 67.3 cm³/mol. The fraction of sp³-hybridized carbons (Fsp3) is 0.769. The lowest BCUT2D eigenvalue weighted by molar-refractivity contribution is 0.0519. The summed E-state index contributed by atoms with van der Waals surface area (Å²) in [5.74, 6) is -0.389. The van der Waals surface area contributed by atoms with Gasteiger partial charge in [-0.3, -0.25) is 0 Å². The van der Waals surface area contributed by atoms with Crippen molar-refractivity contribution in [1.29, 1.82) is 0 Å². The molecule has 18 heavy (non-hydrogen) atoms. The summed E-state index contributed by atoms with van der Waals surface area (Å²) in [6.45, 7) is 6.75. The molecule has 0 unspecified atom stereocenters. The highest BCUT2D eigenvalue weighted by Gasteiger charge is 2.28. The molecule has 1 aromatic heterocycles. The number of carbonyl (C=O) groups is 1. The van der Waals surface area contributed by atoms with Gasteiger partial charge in [0.05, 0.1) is 18.8 Å². The first kappa shape index (κ1) is 13.1. The van der Waals surface area contributed by atoms with Gasteiger partial charge < -0.3 is 4.74 Å². The zero-order chi connectivity index (χ0) is 13.2. The average Bonchev–Trinajstić information content (AvgIpc) is 2.79. The standard InChI is InChI=1S/C13H21N3O2/c1-4-18-12(17)11-9-16(15-14-11)10-5-7-13(2,3)8-6-10/h9-10H,4-8H2,1-3H3. The smallest absolute Gasteiger partial charge is 0.360 e. The summed E-state index contributed by atoms with van der Waals surface area (Å²) >= 11 is 0. The largest absolute Gasteiger partial charge is 0.461 e. The van der Waals surface area contributed by atoms with Crippen LogP contribution in [0.5, 0.6) is 0 Å². The van der Waals surface area contributed by atoms with Crippen molar-refractivity contribution < 1.29 is 9.53 Å². The van der Waals surface area contributed by atoms with E-state index in [1.165, 1.54) is 12.8 Å². The minimum Gasteiger partial charge on any atom is -0.461 e. The van der Waals surface area contributed by atoms with E-state index in [2.05, 4.69) is 24.2 Å². The van der Waals surface area contributed by atoms with E-state index in [0.29, 0.717) is 23.8 Å². The Labute approximate surface area is 108 Å². The maximum atomic E-state index is 11.5. The third-order valence-electron chi connectivity index (χ3n) is 3.68. The van der Waals surface area contributed by atoms with E-state index in [4.69, 9.17) is 4.74 Å². The maximum Gasteiger partial charge on any atom is 0.360 e. The van der Waals surface area contributed by atoms with Crippen LogP contribution >= 0.6 is 0 Å². The number of hydrogen-bond donors (Lipinski definition) is 0. The third kappa shape index (κ3) is 2.89. The lowest BCUT2D eigenvalue weighted by Crippen LogP contribution is -2.23. The molecule has 0 N–H and O–H groups in total. The molecule has 0 saturated heterocycles. The Morgan fingerprint density at radius 2 is 2.17 bits per heavy atom. The molecule has 0 bridgehead atoms. The van der Waals surface area contributed by atoms with E-state index in [0.717, 1.165) is 12.8 Å². The van der Waals surface area contributed by atoms with Crippen molar-refractivity contribution in [2.24, 2.45) is 5.41 Å². The van der Waals surface area contributed by atoms with Gasteiger partial charge in [0.1, 0.15) is 0 Å². The topological polar surface area (TPSA) is 57.0 Å². The number of aromatic nitrogens is 3. The number of nitrogens with zero attached hydrogens (tertiary/aromatic N) is 3. The first-order chi connectivity index (χ1) is 8.52. The molecule has 5 heteroatoms. The summed E-state index contributed by atoms with van der Waals surface area (Å²) in [6.07, 6.45) is 6.27. The fourth-order valence-corrected chi connectivity index (χ4v) is 2.40. The van der Waals surface area contributed by atoms with Crippen molar-refractivity contribution in [2.75, 3.05) is 6.61 Å². The van der Waals surface area contributed by atoms with Crippen LogP contribution in [0.2, 0.25) is 0 Å². The van der Waals surface area contributed by atoms with Crippen molar-refractivity contribution >= 4 is 5.97 Å². The zero-order valence-corrected chi connectivity index (χ0v) is 11.3. The van der Waals surface area contributed by atoms with Crippen LogP contribution in [-0.4, -0.2) is 27.6 Å². The van der Waals surface area contributed by atoms with E-state index in [1.54, 1.807) is 13.1 Å². The van der Waals surface area contributed by atoms with Crippen LogP contribution in [-0.2, 0) is 4.74 Å². The van der Waals surface area contributed by atoms with Crippen LogP contribution in [0, 0.1) is 5.41 Å². The lowest BCUT2D eigenvalue weighted by Gasteiger charge is -2.33. The highest BCUT2D eigenvalue weighted by Crippen LogP contribution is 2.39. The number of hydrogen-bond acceptors (Lipinski definition) is 4. The second-order valence-electron chi connectivity index (χ2n) is 5.70. The maximum absolute atomic E-state index is 11.5. The van der Waals surface area contributed by atoms with Crippen LogP contribution < -0.4 is 0 Å². The molecular weight excluding hydrogens is 230 g/mol. The molecule has 5 nitrogen and oxygen atoms in total. The quantitative estimate of drug-likeness (QED) is 0.775. The van der Waals surface area contributed by atoms with Gasteiger partial charge in [-0.15, -0.1) is 5.10 Å². The van der Waals surface area contributed by atoms with E-state index >= 15 is 0 Å². The molecule has 0 radical (unpaired) electrons. The van der Waals surface area contributed by atoms with Crippen molar-refractivity contribution in [3.05, 3.63) is 11.9 Å². The van der Waals surface area contributed by atoms with Crippen LogP contribution in [0.25, 0.3) is 0 Å². The van der Waals surface area contributed by atoms with Crippen LogP contribution in [0.4, 0.5) is 0 Å². The Kier molecular flexibility index (Phi) is 3.68. The SMILES string of the molecule is CCOC(=O)c1cn(C2CCC(C)(C)CC2)nn1. The van der Waals surface area contributed by atoms with E-state index in [-0.39, 0.29) is 5.97 Å². The molecule has 1 saturated carbocycles. The van der Waals surface area contributed by atoms with Gasteiger partial charge in [0.25, 0.3) is 0 Å². The van der Waals surface area contributed by atoms with Crippen molar-refractivity contribution in [1.82, 2.24) is 15.0 Å². The Morgan fingerprint density at radius 1 is 1.50 bits per heavy atom. The van der Waals surface area contributed by atoms with Gasteiger partial charge in [0.2, 0.25) is 0 Å². The molecule has 0 amide bonds. The molecule has 100 valence electrons. The lowest BCUT2D eigenvalue weighted by atomic mass is 9.76. The molecular formula is C13H21N3O2. The van der Waals surface area contributed by atoms with Crippen molar-refractivity contribution in [3.8, 4) is 0 Å². The minimum absolute atomic E-state index is 0.307. The van der Waals surface area contributed by atoms with E-state index in [1.807, 2.05) is 4.68 Å². The monoisotopic (exact) mass is 251 g/mol. The second-order valence-corrected chi connectivity index (χ2v) is 5.70. The Balaban J connectivity index is 2.00. The van der Waals surface area contributed by atoms with E-state index in [9.17, 15) is 4.79 Å². The van der Waals surface area contributed by atoms with Gasteiger partial charge in [-0.05, 0) is 38.0 Å². The third-order valence-corrected chi connectivity index (χ3v) is 3.68. The highest BCUT2D eigenvalue weighted by molar-refractivity contribution is 5.86. The number of esters is 1. The van der Waals surface area contributed by atoms with Crippen molar-refractivity contribution in [3.63, 3.8) is 0 Å². The zero-order valence-electron chi connectivity index (χ0n) is 11.3. The first-order valence-corrected chi connectivity index (χ1v) is 6.61. The highest BCUT2D eigenvalue weighted by atomic mass is 16.5. The Morgan fingerprint density at radius 3 is 2.78 bits per heavy atom. The Hall–Kier alpha value is -1.39. The van der Waals surface area contributed by atoms with Gasteiger partial charge in [0.15, 0.2) is 5.69 Å². The summed E-state index contributed by atoms with van der Waals surface area (Å²) in [5.41, 5.74) is 0.739. The van der Waals surface area contributed by atoms with Crippen LogP contribution in [0.1, 0.15) is 63.0 Å². The van der Waals surface area contributed by atoms with Crippen molar-refractivity contribution in [2.45, 2.75) is 52.5 Å². The number of ether oxygens (including phenoxy) is 1. The molecule has 1 fully saturated rings. The molecule has 0 spiro atoms. The minimum atomic E-state index is -0.389. The normalized spacial score (nSPS) is 19.7. The van der Waals surface area contributed by atoms with Gasteiger partial charge in [-0.25, -0.2) is 9.48 Å². The molecule has 1 aliphatic carbocycles. The van der Waals surface area contributed by atoms with Gasteiger partial charge in [-0.1, -0.05) is 19.1 Å². The fourth-order valence-electron chi connectivity index (χ4n) is 2.40. The molecule has 1 heterocycles. The Bertz CT molecular complexity index is 416. The summed E-state index contributed by atoms with van der Waals surface area (Å²) in [5, 5.41) is 7.94. The van der Waals surface area contributed by atoms with Crippen LogP contribution in [0.3, 0.4) is 0 Å². The van der Waals surface area contributed by atoms with Crippen LogP contribution in [0.15, 0.2) is 6.20 Å². The number of rotatable bonds is 3. The molecule has 0 aromatic carbocycles. The van der Waals surface area contributed by atoms with Gasteiger partial charge in [0, 0.05) is 0 Å². The summed E-state index contributed by atoms with van der Waals surface area (Å²) in [6, 6.07) is 0.369. The van der Waals surface area contributed by atoms with Gasteiger partial charge >= 0.3 is 5.97 Å². The summed E-state index contributed by atoms with van der Waals surface area (Å²) < 4.78 is 6.73. The summed E-state index contributed by atoms with van der Waals surface area (Å²) in [7, 11) is 0. The predicted octanol–water partition coefficient (Wildman–Crippen LogP) is 2.60. The average molecular weight is 251 g/mol. The molecule has 2 rings (SSSR count).